The van der Waals surface area contributed by atoms with Gasteiger partial charge in [-0.15, -0.1) is 0 Å². The van der Waals surface area contributed by atoms with Crippen LogP contribution < -0.4 is 5.73 Å². The molecule has 5 nitrogen and oxygen atoms in total. The lowest BCUT2D eigenvalue weighted by molar-refractivity contribution is -0.154. The largest absolute Gasteiger partial charge is 0.444 e. The van der Waals surface area contributed by atoms with E-state index in [2.05, 4.69) is 13.8 Å². The fourth-order valence-electron chi connectivity index (χ4n) is 3.19. The maximum Gasteiger partial charge on any atom is 0.410 e. The van der Waals surface area contributed by atoms with Gasteiger partial charge in [0.1, 0.15) is 11.2 Å². The van der Waals surface area contributed by atoms with Crippen LogP contribution >= 0.6 is 0 Å². The van der Waals surface area contributed by atoms with Crippen LogP contribution in [0.1, 0.15) is 60.3 Å². The number of ether oxygens (including phenoxy) is 1. The molecule has 0 aromatic heterocycles. The molecule has 0 spiro atoms. The topological polar surface area (TPSA) is 75.8 Å². The second-order valence-electron chi connectivity index (χ2n) is 8.69. The molecule has 1 saturated carbocycles. The zero-order valence-corrected chi connectivity index (χ0v) is 14.0. The smallest absolute Gasteiger partial charge is 0.410 e. The summed E-state index contributed by atoms with van der Waals surface area (Å²) >= 11 is 0. The molecule has 1 amide bonds. The molecule has 2 aliphatic rings. The van der Waals surface area contributed by atoms with E-state index in [0.717, 1.165) is 25.7 Å². The predicted octanol–water partition coefficient (Wildman–Crippen LogP) is 2.27. The number of hydrogen-bond acceptors (Lipinski definition) is 4. The van der Waals surface area contributed by atoms with Gasteiger partial charge in [0.25, 0.3) is 0 Å². The van der Waals surface area contributed by atoms with Gasteiger partial charge >= 0.3 is 6.09 Å². The number of amides is 1. The molecule has 21 heavy (non-hydrogen) atoms. The van der Waals surface area contributed by atoms with Crippen LogP contribution in [0.25, 0.3) is 0 Å². The molecule has 0 radical (unpaired) electrons. The van der Waals surface area contributed by atoms with E-state index in [-0.39, 0.29) is 19.2 Å². The van der Waals surface area contributed by atoms with E-state index in [4.69, 9.17) is 10.5 Å². The second kappa shape index (κ2) is 4.85. The van der Waals surface area contributed by atoms with Gasteiger partial charge in [0.05, 0.1) is 13.1 Å². The third-order valence-electron chi connectivity index (χ3n) is 4.98. The van der Waals surface area contributed by atoms with Crippen LogP contribution in [0.3, 0.4) is 0 Å². The predicted molar refractivity (Wildman–Crippen MR) is 81.9 cm³/mol. The maximum absolute atomic E-state index is 12.0. The third-order valence-corrected chi connectivity index (χ3v) is 4.98. The van der Waals surface area contributed by atoms with Gasteiger partial charge in [0.2, 0.25) is 0 Å². The summed E-state index contributed by atoms with van der Waals surface area (Å²) in [4.78, 5) is 13.5. The van der Waals surface area contributed by atoms with Crippen LogP contribution in [0.2, 0.25) is 0 Å². The van der Waals surface area contributed by atoms with Crippen LogP contribution in [-0.4, -0.2) is 45.9 Å². The highest BCUT2D eigenvalue weighted by atomic mass is 16.6. The van der Waals surface area contributed by atoms with Gasteiger partial charge in [-0.2, -0.15) is 0 Å². The van der Waals surface area contributed by atoms with Gasteiger partial charge in [-0.05, 0) is 51.9 Å². The first-order chi connectivity index (χ1) is 9.36. The van der Waals surface area contributed by atoms with Crippen molar-refractivity contribution in [3.8, 4) is 0 Å². The lowest BCUT2D eigenvalue weighted by Gasteiger charge is -2.58. The van der Waals surface area contributed by atoms with Gasteiger partial charge in [-0.25, -0.2) is 4.79 Å². The fraction of sp³-hybridized carbons (Fsp3) is 0.938. The van der Waals surface area contributed by atoms with E-state index >= 15 is 0 Å². The summed E-state index contributed by atoms with van der Waals surface area (Å²) in [6.07, 6.45) is 3.26. The molecule has 1 aliphatic carbocycles. The van der Waals surface area contributed by atoms with E-state index in [0.29, 0.717) is 5.41 Å². The van der Waals surface area contributed by atoms with Crippen molar-refractivity contribution in [2.45, 2.75) is 77.0 Å². The minimum Gasteiger partial charge on any atom is -0.444 e. The Balaban J connectivity index is 1.94. The molecule has 0 aromatic carbocycles. The number of nitrogens with two attached hydrogens (primary N) is 1. The van der Waals surface area contributed by atoms with Crippen LogP contribution in [0.5, 0.6) is 0 Å². The number of nitrogens with zero attached hydrogens (tertiary/aromatic N) is 1. The minimum atomic E-state index is -0.972. The lowest BCUT2D eigenvalue weighted by Crippen LogP contribution is -2.77. The standard InChI is InChI=1S/C16H30N2O3/c1-13(2,3)21-12(19)18-10-16(20,11-18)15(17)8-6-14(4,5)7-9-15/h20H,6-11,17H2,1-5H3. The van der Waals surface area contributed by atoms with E-state index in [9.17, 15) is 9.90 Å². The highest BCUT2D eigenvalue weighted by molar-refractivity contribution is 5.70. The molecule has 0 bridgehead atoms. The van der Waals surface area contributed by atoms with Gasteiger partial charge in [0, 0.05) is 5.54 Å². The van der Waals surface area contributed by atoms with Crippen LogP contribution in [0.4, 0.5) is 4.79 Å². The van der Waals surface area contributed by atoms with Crippen LogP contribution in [0, 0.1) is 5.41 Å². The Kier molecular flexibility index (Phi) is 3.82. The summed E-state index contributed by atoms with van der Waals surface area (Å²) in [5.74, 6) is 0. The molecule has 2 rings (SSSR count). The second-order valence-corrected chi connectivity index (χ2v) is 8.69. The molecule has 3 N–H and O–H groups in total. The number of carbonyl (C=O) groups is 1. The Morgan fingerprint density at radius 3 is 2.05 bits per heavy atom. The summed E-state index contributed by atoms with van der Waals surface area (Å²) in [6, 6.07) is 0. The first kappa shape index (κ1) is 16.6. The fourth-order valence-corrected chi connectivity index (χ4v) is 3.19. The highest BCUT2D eigenvalue weighted by Crippen LogP contribution is 2.46. The van der Waals surface area contributed by atoms with Crippen molar-refractivity contribution in [3.05, 3.63) is 0 Å². The Bertz CT molecular complexity index is 410. The summed E-state index contributed by atoms with van der Waals surface area (Å²) in [7, 11) is 0. The van der Waals surface area contributed by atoms with Crippen molar-refractivity contribution in [1.82, 2.24) is 4.90 Å². The third kappa shape index (κ3) is 3.34. The van der Waals surface area contributed by atoms with E-state index in [1.807, 2.05) is 20.8 Å². The van der Waals surface area contributed by atoms with Gasteiger partial charge < -0.3 is 20.5 Å². The number of likely N-dealkylation sites (tertiary alicyclic amines) is 1. The number of rotatable bonds is 1. The number of aliphatic hydroxyl groups is 1. The van der Waals surface area contributed by atoms with E-state index < -0.39 is 16.7 Å². The number of carbonyl (C=O) groups excluding carboxylic acids is 1. The molecule has 0 atom stereocenters. The molecule has 1 heterocycles. The van der Waals surface area contributed by atoms with Crippen molar-refractivity contribution in [2.75, 3.05) is 13.1 Å². The summed E-state index contributed by atoms with van der Waals surface area (Å²) in [5, 5.41) is 10.8. The first-order valence-electron chi connectivity index (χ1n) is 7.85. The normalized spacial score (nSPS) is 26.9. The molecular weight excluding hydrogens is 268 g/mol. The quantitative estimate of drug-likeness (QED) is 0.778. The average molecular weight is 298 g/mol. The van der Waals surface area contributed by atoms with Gasteiger partial charge in [-0.3, -0.25) is 0 Å². The molecule has 0 unspecified atom stereocenters. The monoisotopic (exact) mass is 298 g/mol. The number of β-amino-alcohol motifs (C(OH)–C–C–N with tert-alkyl or cyclic N) is 1. The van der Waals surface area contributed by atoms with Crippen molar-refractivity contribution in [3.63, 3.8) is 0 Å². The Hall–Kier alpha value is -0.810. The van der Waals surface area contributed by atoms with Gasteiger partial charge in [0.15, 0.2) is 0 Å². The summed E-state index contributed by atoms with van der Waals surface area (Å²) in [5.41, 5.74) is 4.71. The minimum absolute atomic E-state index is 0.277. The summed E-state index contributed by atoms with van der Waals surface area (Å²) < 4.78 is 5.32. The lowest BCUT2D eigenvalue weighted by atomic mass is 9.61. The zero-order chi connectivity index (χ0) is 16.1. The Labute approximate surface area is 127 Å². The van der Waals surface area contributed by atoms with Crippen molar-refractivity contribution in [2.24, 2.45) is 11.1 Å². The summed E-state index contributed by atoms with van der Waals surface area (Å²) in [6.45, 7) is 10.5. The van der Waals surface area contributed by atoms with Crippen molar-refractivity contribution >= 4 is 6.09 Å². The molecule has 5 heteroatoms. The molecule has 1 aliphatic heterocycles. The molecular formula is C16H30N2O3. The van der Waals surface area contributed by atoms with Crippen LogP contribution in [0.15, 0.2) is 0 Å². The van der Waals surface area contributed by atoms with Gasteiger partial charge in [-0.1, -0.05) is 13.8 Å². The zero-order valence-electron chi connectivity index (χ0n) is 14.0. The highest BCUT2D eigenvalue weighted by Gasteiger charge is 2.58. The average Bonchev–Trinajstić information content (AvgIpc) is 2.27. The molecule has 2 fully saturated rings. The van der Waals surface area contributed by atoms with Crippen molar-refractivity contribution in [1.29, 1.82) is 0 Å². The molecule has 122 valence electrons. The van der Waals surface area contributed by atoms with Crippen molar-refractivity contribution < 1.29 is 14.6 Å². The van der Waals surface area contributed by atoms with E-state index in [1.165, 1.54) is 0 Å². The first-order valence-corrected chi connectivity index (χ1v) is 7.85. The Morgan fingerprint density at radius 1 is 1.14 bits per heavy atom. The van der Waals surface area contributed by atoms with E-state index in [1.54, 1.807) is 4.90 Å². The Morgan fingerprint density at radius 2 is 1.62 bits per heavy atom. The molecule has 0 aromatic rings. The molecule has 1 saturated heterocycles. The SMILES string of the molecule is CC1(C)CCC(N)(C2(O)CN(C(=O)OC(C)(C)C)C2)CC1. The van der Waals surface area contributed by atoms with Crippen LogP contribution in [-0.2, 0) is 4.74 Å². The number of hydrogen-bond donors (Lipinski definition) is 2. The maximum atomic E-state index is 12.0.